The molecule has 8 nitrogen and oxygen atoms in total. The van der Waals surface area contributed by atoms with E-state index in [-0.39, 0.29) is 23.0 Å². The predicted molar refractivity (Wildman–Crippen MR) is 82.6 cm³/mol. The van der Waals surface area contributed by atoms with Crippen molar-refractivity contribution in [3.63, 3.8) is 0 Å². The van der Waals surface area contributed by atoms with Crippen LogP contribution >= 0.6 is 0 Å². The lowest BCUT2D eigenvalue weighted by Crippen LogP contribution is -2.31. The van der Waals surface area contributed by atoms with Crippen molar-refractivity contribution in [2.75, 3.05) is 11.8 Å². The number of benzene rings is 1. The van der Waals surface area contributed by atoms with Crippen molar-refractivity contribution in [3.8, 4) is 11.4 Å². The van der Waals surface area contributed by atoms with Crippen LogP contribution in [0.1, 0.15) is 32.2 Å². The highest BCUT2D eigenvalue weighted by molar-refractivity contribution is 5.62. The molecule has 1 fully saturated rings. The monoisotopic (exact) mass is 319 g/mol. The minimum atomic E-state index is -0.413. The van der Waals surface area contributed by atoms with Gasteiger partial charge in [0.25, 0.3) is 0 Å². The first-order valence-electron chi connectivity index (χ1n) is 7.49. The number of rotatable bonds is 4. The third-order valence-electron chi connectivity index (χ3n) is 4.03. The zero-order chi connectivity index (χ0) is 16.6. The van der Waals surface area contributed by atoms with Crippen LogP contribution in [0.2, 0.25) is 0 Å². The van der Waals surface area contributed by atoms with Crippen molar-refractivity contribution < 1.29 is 14.8 Å². The fraction of sp³-hybridized carbons (Fsp3) is 0.467. The SMILES string of the molecule is CC(C)N1CC(O)CC1c1nc(-c2cccc(N([O-])O)c2)no1. The van der Waals surface area contributed by atoms with Crippen molar-refractivity contribution in [2.45, 2.75) is 38.5 Å². The first kappa shape index (κ1) is 15.9. The number of aromatic nitrogens is 2. The van der Waals surface area contributed by atoms with Gasteiger partial charge in [-0.25, -0.2) is 0 Å². The molecule has 2 unspecified atom stereocenters. The molecule has 0 amide bonds. The maximum Gasteiger partial charge on any atom is 0.244 e. The van der Waals surface area contributed by atoms with Crippen LogP contribution < -0.4 is 5.23 Å². The molecule has 1 aliphatic heterocycles. The molecule has 2 aromatic rings. The smallest absolute Gasteiger partial charge is 0.244 e. The molecule has 1 aromatic heterocycles. The lowest BCUT2D eigenvalue weighted by Gasteiger charge is -2.25. The number of aliphatic hydroxyl groups excluding tert-OH is 1. The second-order valence-electron chi connectivity index (χ2n) is 5.98. The molecule has 2 heterocycles. The molecule has 8 heteroatoms. The van der Waals surface area contributed by atoms with Gasteiger partial charge in [0.05, 0.1) is 17.8 Å². The van der Waals surface area contributed by atoms with E-state index in [1.54, 1.807) is 12.1 Å². The Hall–Kier alpha value is -2.00. The van der Waals surface area contributed by atoms with Crippen molar-refractivity contribution >= 4 is 5.69 Å². The summed E-state index contributed by atoms with van der Waals surface area (Å²) in [6, 6.07) is 6.44. The Balaban J connectivity index is 1.87. The first-order valence-corrected chi connectivity index (χ1v) is 7.49. The van der Waals surface area contributed by atoms with Gasteiger partial charge in [-0.15, -0.1) is 0 Å². The Labute approximate surface area is 133 Å². The second-order valence-corrected chi connectivity index (χ2v) is 5.98. The van der Waals surface area contributed by atoms with Crippen LogP contribution in [0, 0.1) is 5.21 Å². The van der Waals surface area contributed by atoms with Crippen molar-refractivity contribution in [2.24, 2.45) is 0 Å². The molecule has 1 aliphatic rings. The average molecular weight is 319 g/mol. The molecular weight excluding hydrogens is 300 g/mol. The third-order valence-corrected chi connectivity index (χ3v) is 4.03. The molecule has 0 saturated carbocycles. The average Bonchev–Trinajstić information content (AvgIpc) is 3.13. The van der Waals surface area contributed by atoms with E-state index in [9.17, 15) is 10.3 Å². The second kappa shape index (κ2) is 6.25. The summed E-state index contributed by atoms with van der Waals surface area (Å²) in [5.41, 5.74) is 0.663. The molecule has 1 saturated heterocycles. The summed E-state index contributed by atoms with van der Waals surface area (Å²) in [7, 11) is 0. The lowest BCUT2D eigenvalue weighted by molar-refractivity contribution is 0.150. The molecule has 1 aromatic carbocycles. The van der Waals surface area contributed by atoms with Crippen LogP contribution in [-0.4, -0.2) is 44.0 Å². The van der Waals surface area contributed by atoms with Gasteiger partial charge >= 0.3 is 0 Å². The minimum Gasteiger partial charge on any atom is -0.733 e. The number of nitrogens with zero attached hydrogens (tertiary/aromatic N) is 4. The summed E-state index contributed by atoms with van der Waals surface area (Å²) >= 11 is 0. The molecule has 0 spiro atoms. The first-order chi connectivity index (χ1) is 11.0. The Morgan fingerprint density at radius 3 is 2.91 bits per heavy atom. The molecule has 2 N–H and O–H groups in total. The summed E-state index contributed by atoms with van der Waals surface area (Å²) < 4.78 is 5.36. The van der Waals surface area contributed by atoms with E-state index in [4.69, 9.17) is 9.73 Å². The number of β-amino-alcohol motifs (C(OH)–C–C–N with tert-alkyl or cyclic N) is 1. The van der Waals surface area contributed by atoms with Crippen LogP contribution in [0.4, 0.5) is 5.69 Å². The zero-order valence-corrected chi connectivity index (χ0v) is 13.0. The summed E-state index contributed by atoms with van der Waals surface area (Å²) in [5, 5.41) is 33.6. The van der Waals surface area contributed by atoms with Crippen LogP contribution in [0.15, 0.2) is 28.8 Å². The number of hydrogen-bond acceptors (Lipinski definition) is 8. The van der Waals surface area contributed by atoms with E-state index in [1.807, 2.05) is 0 Å². The van der Waals surface area contributed by atoms with E-state index in [2.05, 4.69) is 28.9 Å². The van der Waals surface area contributed by atoms with E-state index in [1.165, 1.54) is 12.1 Å². The highest BCUT2D eigenvalue weighted by atomic mass is 16.8. The van der Waals surface area contributed by atoms with Crippen molar-refractivity contribution in [1.82, 2.24) is 15.0 Å². The number of likely N-dealkylation sites (tertiary alicyclic amines) is 1. The van der Waals surface area contributed by atoms with E-state index < -0.39 is 6.10 Å². The number of aliphatic hydroxyl groups is 1. The standard InChI is InChI=1S/C15H19N4O4/c1-9(2)18-8-12(20)7-13(18)15-16-14(17-23-15)10-4-3-5-11(6-10)19(21)22/h3-6,9,12-13,20-21H,7-8H2,1-2H3/q-1. The number of anilines is 1. The van der Waals surface area contributed by atoms with Gasteiger partial charge in [-0.3, -0.25) is 10.1 Å². The van der Waals surface area contributed by atoms with Gasteiger partial charge in [0, 0.05) is 18.2 Å². The summed E-state index contributed by atoms with van der Waals surface area (Å²) in [6.45, 7) is 4.68. The molecule has 0 radical (unpaired) electrons. The Bertz CT molecular complexity index is 673. The summed E-state index contributed by atoms with van der Waals surface area (Å²) in [6.07, 6.45) is 0.134. The molecule has 2 atom stereocenters. The van der Waals surface area contributed by atoms with E-state index in [0.717, 1.165) is 0 Å². The van der Waals surface area contributed by atoms with Gasteiger partial charge < -0.3 is 20.1 Å². The van der Waals surface area contributed by atoms with Crippen molar-refractivity contribution in [3.05, 3.63) is 35.4 Å². The molecule has 23 heavy (non-hydrogen) atoms. The highest BCUT2D eigenvalue weighted by Gasteiger charge is 2.37. The fourth-order valence-electron chi connectivity index (χ4n) is 2.90. The molecular formula is C15H19N4O4-. The van der Waals surface area contributed by atoms with E-state index >= 15 is 0 Å². The Kier molecular flexibility index (Phi) is 4.31. The maximum absolute atomic E-state index is 11.0. The topological polar surface area (TPSA) is 109 Å². The van der Waals surface area contributed by atoms with Gasteiger partial charge in [0.15, 0.2) is 0 Å². The van der Waals surface area contributed by atoms with Gasteiger partial charge in [0.1, 0.15) is 0 Å². The molecule has 0 bridgehead atoms. The minimum absolute atomic E-state index is 0.0916. The van der Waals surface area contributed by atoms with Gasteiger partial charge in [-0.2, -0.15) is 4.98 Å². The summed E-state index contributed by atoms with van der Waals surface area (Å²) in [4.78, 5) is 6.51. The maximum atomic E-state index is 11.0. The lowest BCUT2D eigenvalue weighted by atomic mass is 10.1. The zero-order valence-electron chi connectivity index (χ0n) is 13.0. The molecule has 0 aliphatic carbocycles. The third kappa shape index (κ3) is 3.20. The predicted octanol–water partition coefficient (Wildman–Crippen LogP) is 1.95. The van der Waals surface area contributed by atoms with Gasteiger partial charge in [0.2, 0.25) is 11.7 Å². The quantitative estimate of drug-likeness (QED) is 0.823. The van der Waals surface area contributed by atoms with Crippen LogP contribution in [-0.2, 0) is 0 Å². The van der Waals surface area contributed by atoms with Crippen LogP contribution in [0.5, 0.6) is 0 Å². The Morgan fingerprint density at radius 2 is 2.22 bits per heavy atom. The molecule has 3 rings (SSSR count). The molecule has 124 valence electrons. The summed E-state index contributed by atoms with van der Waals surface area (Å²) in [5.74, 6) is 0.785. The van der Waals surface area contributed by atoms with E-state index in [0.29, 0.717) is 30.2 Å². The van der Waals surface area contributed by atoms with Gasteiger partial charge in [-0.1, -0.05) is 17.3 Å². The fourth-order valence-corrected chi connectivity index (χ4v) is 2.90. The van der Waals surface area contributed by atoms with Gasteiger partial charge in [-0.05, 0) is 32.4 Å². The largest absolute Gasteiger partial charge is 0.733 e. The van der Waals surface area contributed by atoms with Crippen LogP contribution in [0.25, 0.3) is 11.4 Å². The van der Waals surface area contributed by atoms with Crippen molar-refractivity contribution in [1.29, 1.82) is 0 Å². The normalized spacial score (nSPS) is 22.0. The Morgan fingerprint density at radius 1 is 1.43 bits per heavy atom. The van der Waals surface area contributed by atoms with Crippen LogP contribution in [0.3, 0.4) is 0 Å². The number of hydrogen-bond donors (Lipinski definition) is 2. The highest BCUT2D eigenvalue weighted by Crippen LogP contribution is 2.34.